The van der Waals surface area contributed by atoms with Gasteiger partial charge in [0.1, 0.15) is 24.0 Å². The number of rotatable bonds is 6. The van der Waals surface area contributed by atoms with Crippen molar-refractivity contribution in [1.82, 2.24) is 20.3 Å². The smallest absolute Gasteiger partial charge is 0.146 e. The van der Waals surface area contributed by atoms with Crippen LogP contribution in [0.2, 0.25) is 0 Å². The maximum absolute atomic E-state index is 14.6. The molecule has 0 bridgehead atoms. The summed E-state index contributed by atoms with van der Waals surface area (Å²) in [6.45, 7) is 1.10. The SMILES string of the molecule is CNCCOc1cnccc1-c1[nH]c2cccnc2c1-c1cc(F)ccc1F. The van der Waals surface area contributed by atoms with Crippen LogP contribution in [-0.4, -0.2) is 35.2 Å². The number of pyridine rings is 2. The zero-order valence-corrected chi connectivity index (χ0v) is 15.2. The molecule has 28 heavy (non-hydrogen) atoms. The first-order valence-corrected chi connectivity index (χ1v) is 8.83. The minimum Gasteiger partial charge on any atom is -0.490 e. The van der Waals surface area contributed by atoms with Gasteiger partial charge in [0.2, 0.25) is 0 Å². The summed E-state index contributed by atoms with van der Waals surface area (Å²) in [4.78, 5) is 11.8. The number of benzene rings is 1. The first-order valence-electron chi connectivity index (χ1n) is 8.83. The third kappa shape index (κ3) is 3.32. The van der Waals surface area contributed by atoms with Crippen LogP contribution in [0.4, 0.5) is 8.78 Å². The van der Waals surface area contributed by atoms with Crippen molar-refractivity contribution >= 4 is 11.0 Å². The predicted octanol–water partition coefficient (Wildman–Crippen LogP) is 4.17. The second-order valence-electron chi connectivity index (χ2n) is 6.22. The predicted molar refractivity (Wildman–Crippen MR) is 104 cm³/mol. The van der Waals surface area contributed by atoms with Gasteiger partial charge in [-0.1, -0.05) is 0 Å². The molecule has 0 amide bonds. The molecule has 0 aliphatic rings. The molecule has 3 aromatic heterocycles. The number of hydrogen-bond donors (Lipinski definition) is 2. The summed E-state index contributed by atoms with van der Waals surface area (Å²) >= 11 is 0. The van der Waals surface area contributed by atoms with E-state index in [-0.39, 0.29) is 5.56 Å². The number of H-pyrrole nitrogens is 1. The molecule has 142 valence electrons. The van der Waals surface area contributed by atoms with Gasteiger partial charge in [0.25, 0.3) is 0 Å². The summed E-state index contributed by atoms with van der Waals surface area (Å²) < 4.78 is 34.4. The molecule has 0 aliphatic heterocycles. The van der Waals surface area contributed by atoms with Gasteiger partial charge in [-0.2, -0.15) is 0 Å². The van der Waals surface area contributed by atoms with Crippen LogP contribution in [0.3, 0.4) is 0 Å². The highest BCUT2D eigenvalue weighted by Gasteiger charge is 2.21. The quantitative estimate of drug-likeness (QED) is 0.493. The van der Waals surface area contributed by atoms with Crippen LogP contribution in [0.1, 0.15) is 0 Å². The van der Waals surface area contributed by atoms with Crippen LogP contribution in [-0.2, 0) is 0 Å². The average Bonchev–Trinajstić information content (AvgIpc) is 3.09. The van der Waals surface area contributed by atoms with Crippen molar-refractivity contribution in [2.24, 2.45) is 0 Å². The van der Waals surface area contributed by atoms with E-state index >= 15 is 0 Å². The molecule has 0 atom stereocenters. The normalized spacial score (nSPS) is 11.1. The van der Waals surface area contributed by atoms with Gasteiger partial charge in [-0.15, -0.1) is 0 Å². The minimum atomic E-state index is -0.527. The highest BCUT2D eigenvalue weighted by molar-refractivity contribution is 6.02. The number of ether oxygens (including phenoxy) is 1. The van der Waals surface area contributed by atoms with Gasteiger partial charge in [-0.05, 0) is 43.4 Å². The molecule has 1 aromatic carbocycles. The third-order valence-electron chi connectivity index (χ3n) is 4.42. The molecule has 0 saturated heterocycles. The molecule has 0 radical (unpaired) electrons. The number of aromatic nitrogens is 3. The first-order chi connectivity index (χ1) is 13.7. The highest BCUT2D eigenvalue weighted by Crippen LogP contribution is 2.41. The standard InChI is InChI=1S/C21H18F2N4O/c1-24-9-10-28-18-12-25-8-6-14(18)20-19(15-11-13(22)4-5-16(15)23)21-17(27-20)3-2-7-26-21/h2-8,11-12,24,27H,9-10H2,1H3. The molecule has 5 nitrogen and oxygen atoms in total. The van der Waals surface area contributed by atoms with Crippen LogP contribution in [0.15, 0.2) is 55.0 Å². The molecule has 0 unspecified atom stereocenters. The highest BCUT2D eigenvalue weighted by atomic mass is 19.1. The molecule has 3 heterocycles. The number of fused-ring (bicyclic) bond motifs is 1. The Balaban J connectivity index is 1.95. The lowest BCUT2D eigenvalue weighted by molar-refractivity contribution is 0.318. The first kappa shape index (κ1) is 18.1. The van der Waals surface area contributed by atoms with E-state index in [2.05, 4.69) is 20.3 Å². The Labute approximate surface area is 160 Å². The number of nitrogens with one attached hydrogen (secondary N) is 2. The van der Waals surface area contributed by atoms with Crippen LogP contribution < -0.4 is 10.1 Å². The number of nitrogens with zero attached hydrogens (tertiary/aromatic N) is 2. The van der Waals surface area contributed by atoms with Gasteiger partial charge in [-0.25, -0.2) is 8.78 Å². The van der Waals surface area contributed by atoms with Crippen molar-refractivity contribution in [3.8, 4) is 28.1 Å². The second kappa shape index (κ2) is 7.74. The zero-order valence-electron chi connectivity index (χ0n) is 15.2. The number of hydrogen-bond acceptors (Lipinski definition) is 4. The fourth-order valence-corrected chi connectivity index (χ4v) is 3.14. The van der Waals surface area contributed by atoms with E-state index in [0.717, 1.165) is 12.1 Å². The Hall–Kier alpha value is -3.32. The Kier molecular flexibility index (Phi) is 4.99. The fraction of sp³-hybridized carbons (Fsp3) is 0.143. The van der Waals surface area contributed by atoms with Gasteiger partial charge in [0.05, 0.1) is 22.9 Å². The molecule has 4 aromatic rings. The van der Waals surface area contributed by atoms with Gasteiger partial charge in [0, 0.05) is 35.6 Å². The lowest BCUT2D eigenvalue weighted by Crippen LogP contribution is -2.16. The lowest BCUT2D eigenvalue weighted by atomic mass is 10.00. The van der Waals surface area contributed by atoms with E-state index in [1.54, 1.807) is 30.7 Å². The lowest BCUT2D eigenvalue weighted by Gasteiger charge is -2.12. The van der Waals surface area contributed by atoms with Crippen LogP contribution >= 0.6 is 0 Å². The average molecular weight is 380 g/mol. The van der Waals surface area contributed by atoms with E-state index in [1.165, 1.54) is 6.07 Å². The van der Waals surface area contributed by atoms with E-state index in [0.29, 0.717) is 46.8 Å². The summed E-state index contributed by atoms with van der Waals surface area (Å²) in [6.07, 6.45) is 4.86. The zero-order chi connectivity index (χ0) is 19.5. The topological polar surface area (TPSA) is 62.8 Å². The Morgan fingerprint density at radius 2 is 2.00 bits per heavy atom. The van der Waals surface area contributed by atoms with E-state index in [9.17, 15) is 8.78 Å². The monoisotopic (exact) mass is 380 g/mol. The Bertz CT molecular complexity index is 1130. The van der Waals surface area contributed by atoms with Crippen molar-refractivity contribution in [1.29, 1.82) is 0 Å². The van der Waals surface area contributed by atoms with Gasteiger partial charge in [-0.3, -0.25) is 9.97 Å². The number of aromatic amines is 1. The maximum Gasteiger partial charge on any atom is 0.146 e. The summed E-state index contributed by atoms with van der Waals surface area (Å²) in [5, 5.41) is 3.02. The van der Waals surface area contributed by atoms with Crippen molar-refractivity contribution in [2.75, 3.05) is 20.2 Å². The Morgan fingerprint density at radius 3 is 2.86 bits per heavy atom. The largest absolute Gasteiger partial charge is 0.490 e. The third-order valence-corrected chi connectivity index (χ3v) is 4.42. The maximum atomic E-state index is 14.6. The van der Waals surface area contributed by atoms with Crippen molar-refractivity contribution in [3.63, 3.8) is 0 Å². The number of halogens is 2. The van der Waals surface area contributed by atoms with Gasteiger partial charge >= 0.3 is 0 Å². The molecular formula is C21H18F2N4O. The summed E-state index contributed by atoms with van der Waals surface area (Å²) in [5.74, 6) is -0.504. The van der Waals surface area contributed by atoms with Crippen LogP contribution in [0, 0.1) is 11.6 Å². The minimum absolute atomic E-state index is 0.137. The second-order valence-corrected chi connectivity index (χ2v) is 6.22. The van der Waals surface area contributed by atoms with Crippen LogP contribution in [0.5, 0.6) is 5.75 Å². The molecule has 0 aliphatic carbocycles. The molecule has 2 N–H and O–H groups in total. The molecule has 7 heteroatoms. The van der Waals surface area contributed by atoms with Gasteiger partial charge in [0.15, 0.2) is 0 Å². The molecular weight excluding hydrogens is 362 g/mol. The Morgan fingerprint density at radius 1 is 1.11 bits per heavy atom. The fourth-order valence-electron chi connectivity index (χ4n) is 3.14. The molecule has 0 saturated carbocycles. The van der Waals surface area contributed by atoms with Crippen molar-refractivity contribution in [2.45, 2.75) is 0 Å². The van der Waals surface area contributed by atoms with E-state index in [4.69, 9.17) is 4.74 Å². The molecule has 0 spiro atoms. The van der Waals surface area contributed by atoms with Crippen molar-refractivity contribution in [3.05, 3.63) is 66.6 Å². The molecule has 0 fully saturated rings. The van der Waals surface area contributed by atoms with Gasteiger partial charge < -0.3 is 15.0 Å². The summed E-state index contributed by atoms with van der Waals surface area (Å²) in [7, 11) is 1.84. The van der Waals surface area contributed by atoms with Crippen LogP contribution in [0.25, 0.3) is 33.4 Å². The van der Waals surface area contributed by atoms with E-state index in [1.807, 2.05) is 13.1 Å². The summed E-state index contributed by atoms with van der Waals surface area (Å²) in [6, 6.07) is 8.80. The van der Waals surface area contributed by atoms with E-state index < -0.39 is 11.6 Å². The molecule has 4 rings (SSSR count). The number of likely N-dealkylation sites (N-methyl/N-ethyl adjacent to an activating group) is 1. The van der Waals surface area contributed by atoms with Crippen molar-refractivity contribution < 1.29 is 13.5 Å². The summed E-state index contributed by atoms with van der Waals surface area (Å²) in [5.41, 5.74) is 3.19.